The van der Waals surface area contributed by atoms with Gasteiger partial charge in [0.15, 0.2) is 0 Å². The minimum Gasteiger partial charge on any atom is -0.507 e. The second-order valence-electron chi connectivity index (χ2n) is 4.69. The molecule has 0 aliphatic heterocycles. The number of aromatic hydroxyl groups is 1. The van der Waals surface area contributed by atoms with Crippen molar-refractivity contribution in [3.8, 4) is 11.5 Å². The Bertz CT molecular complexity index is 447. The fourth-order valence-electron chi connectivity index (χ4n) is 2.08. The van der Waals surface area contributed by atoms with E-state index in [1.807, 2.05) is 0 Å². The molecule has 4 nitrogen and oxygen atoms in total. The van der Waals surface area contributed by atoms with Crippen molar-refractivity contribution in [2.45, 2.75) is 31.5 Å². The smallest absolute Gasteiger partial charge is 0.255 e. The van der Waals surface area contributed by atoms with Gasteiger partial charge in [0.1, 0.15) is 11.5 Å². The predicted octanol–water partition coefficient (Wildman–Crippen LogP) is 3.33. The highest BCUT2D eigenvalue weighted by atomic mass is 79.9. The SMILES string of the molecule is CCC(CC)C(Br)CNC(=O)c1ccc(OC)cc1O. The van der Waals surface area contributed by atoms with Crippen molar-refractivity contribution in [3.05, 3.63) is 23.8 Å². The molecule has 1 aromatic rings. The van der Waals surface area contributed by atoms with Gasteiger partial charge in [-0.3, -0.25) is 4.79 Å². The van der Waals surface area contributed by atoms with Crippen molar-refractivity contribution < 1.29 is 14.6 Å². The molecule has 0 aliphatic rings. The topological polar surface area (TPSA) is 58.6 Å². The van der Waals surface area contributed by atoms with Crippen LogP contribution in [-0.2, 0) is 0 Å². The van der Waals surface area contributed by atoms with Crippen molar-refractivity contribution in [3.63, 3.8) is 0 Å². The number of hydrogen-bond acceptors (Lipinski definition) is 3. The zero-order chi connectivity index (χ0) is 15.1. The Kier molecular flexibility index (Phi) is 6.85. The Labute approximate surface area is 128 Å². The molecular formula is C15H22BrNO3. The van der Waals surface area contributed by atoms with E-state index < -0.39 is 0 Å². The molecule has 0 aromatic heterocycles. The number of nitrogens with one attached hydrogen (secondary N) is 1. The summed E-state index contributed by atoms with van der Waals surface area (Å²) in [4.78, 5) is 12.3. The lowest BCUT2D eigenvalue weighted by Gasteiger charge is -2.20. The molecule has 0 fully saturated rings. The molecule has 0 spiro atoms. The number of carbonyl (C=O) groups is 1. The summed E-state index contributed by atoms with van der Waals surface area (Å²) in [5, 5.41) is 12.6. The summed E-state index contributed by atoms with van der Waals surface area (Å²) < 4.78 is 4.99. The molecule has 0 radical (unpaired) electrons. The lowest BCUT2D eigenvalue weighted by atomic mass is 9.99. The van der Waals surface area contributed by atoms with E-state index in [9.17, 15) is 9.90 Å². The molecule has 1 aromatic carbocycles. The number of alkyl halides is 1. The van der Waals surface area contributed by atoms with Crippen LogP contribution in [0.25, 0.3) is 0 Å². The number of hydrogen-bond donors (Lipinski definition) is 2. The zero-order valence-corrected chi connectivity index (χ0v) is 13.7. The molecule has 0 aliphatic carbocycles. The number of methoxy groups -OCH3 is 1. The van der Waals surface area contributed by atoms with E-state index in [1.165, 1.54) is 13.2 Å². The van der Waals surface area contributed by atoms with Gasteiger partial charge in [-0.05, 0) is 18.1 Å². The summed E-state index contributed by atoms with van der Waals surface area (Å²) in [6.07, 6.45) is 2.13. The number of halogens is 1. The van der Waals surface area contributed by atoms with Crippen LogP contribution < -0.4 is 10.1 Å². The van der Waals surface area contributed by atoms with E-state index >= 15 is 0 Å². The van der Waals surface area contributed by atoms with Crippen LogP contribution in [0.5, 0.6) is 11.5 Å². The molecule has 5 heteroatoms. The Morgan fingerprint density at radius 3 is 2.55 bits per heavy atom. The predicted molar refractivity (Wildman–Crippen MR) is 83.8 cm³/mol. The largest absolute Gasteiger partial charge is 0.507 e. The molecule has 0 heterocycles. The number of benzene rings is 1. The fourth-order valence-corrected chi connectivity index (χ4v) is 2.99. The van der Waals surface area contributed by atoms with Crippen molar-refractivity contribution >= 4 is 21.8 Å². The maximum absolute atomic E-state index is 12.0. The third-order valence-electron chi connectivity index (χ3n) is 3.47. The quantitative estimate of drug-likeness (QED) is 0.746. The first kappa shape index (κ1) is 16.8. The molecule has 2 N–H and O–H groups in total. The minimum absolute atomic E-state index is 0.0736. The Morgan fingerprint density at radius 1 is 1.40 bits per heavy atom. The Balaban J connectivity index is 2.63. The number of rotatable bonds is 7. The van der Waals surface area contributed by atoms with Crippen molar-refractivity contribution in [1.82, 2.24) is 5.32 Å². The first-order valence-electron chi connectivity index (χ1n) is 6.82. The van der Waals surface area contributed by atoms with E-state index in [0.717, 1.165) is 12.8 Å². The van der Waals surface area contributed by atoms with Crippen LogP contribution in [0.4, 0.5) is 0 Å². The van der Waals surface area contributed by atoms with Gasteiger partial charge in [0.2, 0.25) is 0 Å². The van der Waals surface area contributed by atoms with Gasteiger partial charge in [-0.15, -0.1) is 0 Å². The van der Waals surface area contributed by atoms with Crippen LogP contribution >= 0.6 is 15.9 Å². The maximum Gasteiger partial charge on any atom is 0.255 e. The van der Waals surface area contributed by atoms with E-state index in [4.69, 9.17) is 4.74 Å². The summed E-state index contributed by atoms with van der Waals surface area (Å²) in [6.45, 7) is 4.82. The van der Waals surface area contributed by atoms with Crippen LogP contribution in [-0.4, -0.2) is 29.5 Å². The van der Waals surface area contributed by atoms with Crippen LogP contribution in [0.2, 0.25) is 0 Å². The van der Waals surface area contributed by atoms with Gasteiger partial charge >= 0.3 is 0 Å². The Hall–Kier alpha value is -1.23. The van der Waals surface area contributed by atoms with Gasteiger partial charge in [0.25, 0.3) is 5.91 Å². The van der Waals surface area contributed by atoms with Crippen molar-refractivity contribution in [2.24, 2.45) is 5.92 Å². The van der Waals surface area contributed by atoms with Crippen molar-refractivity contribution in [2.75, 3.05) is 13.7 Å². The molecule has 1 amide bonds. The molecule has 1 rings (SSSR count). The van der Waals surface area contributed by atoms with Gasteiger partial charge in [-0.1, -0.05) is 42.6 Å². The lowest BCUT2D eigenvalue weighted by molar-refractivity contribution is 0.0949. The highest BCUT2D eigenvalue weighted by Crippen LogP contribution is 2.24. The van der Waals surface area contributed by atoms with Gasteiger partial charge in [-0.25, -0.2) is 0 Å². The summed E-state index contributed by atoms with van der Waals surface area (Å²) in [5.41, 5.74) is 0.259. The van der Waals surface area contributed by atoms with Gasteiger partial charge in [0, 0.05) is 17.4 Å². The standard InChI is InChI=1S/C15H22BrNO3/c1-4-10(5-2)13(16)9-17-15(19)12-7-6-11(20-3)8-14(12)18/h6-8,10,13,18H,4-5,9H2,1-3H3,(H,17,19). The monoisotopic (exact) mass is 343 g/mol. The average Bonchev–Trinajstić information content (AvgIpc) is 2.45. The molecule has 0 bridgehead atoms. The highest BCUT2D eigenvalue weighted by molar-refractivity contribution is 9.09. The first-order chi connectivity index (χ1) is 9.53. The zero-order valence-electron chi connectivity index (χ0n) is 12.1. The normalized spacial score (nSPS) is 12.2. The fraction of sp³-hybridized carbons (Fsp3) is 0.533. The number of carbonyl (C=O) groups excluding carboxylic acids is 1. The van der Waals surface area contributed by atoms with E-state index in [1.54, 1.807) is 12.1 Å². The van der Waals surface area contributed by atoms with Gasteiger partial charge < -0.3 is 15.2 Å². The average molecular weight is 344 g/mol. The van der Waals surface area contributed by atoms with E-state index in [2.05, 4.69) is 35.1 Å². The molecule has 1 atom stereocenters. The van der Waals surface area contributed by atoms with Crippen LogP contribution in [0.15, 0.2) is 18.2 Å². The minimum atomic E-state index is -0.277. The third-order valence-corrected chi connectivity index (χ3v) is 4.54. The molecule has 0 saturated carbocycles. The van der Waals surface area contributed by atoms with Crippen LogP contribution in [0.1, 0.15) is 37.0 Å². The van der Waals surface area contributed by atoms with Gasteiger partial charge in [-0.2, -0.15) is 0 Å². The van der Waals surface area contributed by atoms with Crippen LogP contribution in [0.3, 0.4) is 0 Å². The Morgan fingerprint density at radius 2 is 2.05 bits per heavy atom. The molecule has 20 heavy (non-hydrogen) atoms. The van der Waals surface area contributed by atoms with Gasteiger partial charge in [0.05, 0.1) is 12.7 Å². The lowest BCUT2D eigenvalue weighted by Crippen LogP contribution is -2.32. The highest BCUT2D eigenvalue weighted by Gasteiger charge is 2.18. The molecular weight excluding hydrogens is 322 g/mol. The number of amides is 1. The summed E-state index contributed by atoms with van der Waals surface area (Å²) >= 11 is 3.61. The van der Waals surface area contributed by atoms with E-state index in [-0.39, 0.29) is 22.0 Å². The van der Waals surface area contributed by atoms with E-state index in [0.29, 0.717) is 18.2 Å². The van der Waals surface area contributed by atoms with Crippen molar-refractivity contribution in [1.29, 1.82) is 0 Å². The number of ether oxygens (including phenoxy) is 1. The summed E-state index contributed by atoms with van der Waals surface area (Å²) in [6, 6.07) is 4.65. The second kappa shape index (κ2) is 8.15. The summed E-state index contributed by atoms with van der Waals surface area (Å²) in [7, 11) is 1.51. The first-order valence-corrected chi connectivity index (χ1v) is 7.74. The molecule has 0 saturated heterocycles. The number of phenolic OH excluding ortho intramolecular Hbond substituents is 1. The number of phenols is 1. The second-order valence-corrected chi connectivity index (χ2v) is 5.86. The van der Waals surface area contributed by atoms with Crippen LogP contribution in [0, 0.1) is 5.92 Å². The maximum atomic E-state index is 12.0. The molecule has 1 unspecified atom stereocenters. The third kappa shape index (κ3) is 4.40. The molecule has 112 valence electrons. The summed E-state index contributed by atoms with van der Waals surface area (Å²) in [5.74, 6) is 0.699.